The lowest BCUT2D eigenvalue weighted by molar-refractivity contribution is 0.672. The van der Waals surface area contributed by atoms with Gasteiger partial charge in [-0.25, -0.2) is 4.98 Å². The minimum atomic E-state index is 0.0470. The van der Waals surface area contributed by atoms with Crippen LogP contribution in [0.25, 0.3) is 5.65 Å². The van der Waals surface area contributed by atoms with E-state index in [-0.39, 0.29) is 5.56 Å². The van der Waals surface area contributed by atoms with Crippen LogP contribution in [0.15, 0.2) is 10.9 Å². The van der Waals surface area contributed by atoms with Crippen LogP contribution in [0.2, 0.25) is 0 Å². The van der Waals surface area contributed by atoms with Crippen LogP contribution < -0.4 is 5.56 Å². The van der Waals surface area contributed by atoms with Crippen LogP contribution in [-0.4, -0.2) is 14.6 Å². The number of fused-ring (bicyclic) bond motifs is 1. The molecule has 0 aliphatic carbocycles. The Morgan fingerprint density at radius 1 is 1.32 bits per heavy atom. The monoisotopic (exact) mass is 261 g/mol. The number of nitrogens with zero attached hydrogens (tertiary/aromatic N) is 2. The molecule has 2 rings (SSSR count). The molecule has 0 aliphatic heterocycles. The van der Waals surface area contributed by atoms with Crippen LogP contribution in [0.4, 0.5) is 0 Å². The zero-order valence-electron chi connectivity index (χ0n) is 12.4. The zero-order valence-corrected chi connectivity index (χ0v) is 12.4. The van der Waals surface area contributed by atoms with Crippen LogP contribution >= 0.6 is 0 Å². The summed E-state index contributed by atoms with van der Waals surface area (Å²) in [6.07, 6.45) is 1.76. The molecule has 4 heteroatoms. The molecule has 2 aromatic rings. The number of aromatic nitrogens is 3. The summed E-state index contributed by atoms with van der Waals surface area (Å²) in [6.45, 7) is 10.5. The third-order valence-corrected chi connectivity index (χ3v) is 3.84. The molecule has 2 heterocycles. The second kappa shape index (κ2) is 5.19. The molecule has 1 unspecified atom stereocenters. The Balaban J connectivity index is 2.72. The van der Waals surface area contributed by atoms with Gasteiger partial charge in [0.25, 0.3) is 5.56 Å². The van der Waals surface area contributed by atoms with Gasteiger partial charge in [-0.05, 0) is 30.4 Å². The fraction of sp³-hybridized carbons (Fsp3) is 0.600. The van der Waals surface area contributed by atoms with Crippen LogP contribution in [-0.2, 0) is 6.42 Å². The lowest BCUT2D eigenvalue weighted by Gasteiger charge is -2.10. The number of pyridine rings is 1. The molecule has 4 nitrogen and oxygen atoms in total. The molecule has 0 radical (unpaired) electrons. The van der Waals surface area contributed by atoms with E-state index in [1.807, 2.05) is 13.0 Å². The van der Waals surface area contributed by atoms with Crippen molar-refractivity contribution in [2.45, 2.75) is 59.3 Å². The summed E-state index contributed by atoms with van der Waals surface area (Å²) in [7, 11) is 0. The number of hydrogen-bond acceptors (Lipinski definition) is 2. The van der Waals surface area contributed by atoms with Crippen molar-refractivity contribution in [1.29, 1.82) is 0 Å². The molecule has 0 aliphatic rings. The highest BCUT2D eigenvalue weighted by atomic mass is 16.1. The molecule has 1 N–H and O–H groups in total. The molecule has 0 saturated carbocycles. The molecule has 0 fully saturated rings. The molecule has 104 valence electrons. The van der Waals surface area contributed by atoms with Gasteiger partial charge in [-0.2, -0.15) is 4.52 Å². The predicted octanol–water partition coefficient (Wildman–Crippen LogP) is 3.22. The molecular formula is C15H23N3O. The lowest BCUT2D eigenvalue weighted by Crippen LogP contribution is -2.21. The second-order valence-electron chi connectivity index (χ2n) is 5.50. The number of H-pyrrole nitrogens is 1. The number of aromatic amines is 1. The van der Waals surface area contributed by atoms with Crippen molar-refractivity contribution >= 4 is 5.65 Å². The van der Waals surface area contributed by atoms with Gasteiger partial charge in [0.15, 0.2) is 5.65 Å². The summed E-state index contributed by atoms with van der Waals surface area (Å²) >= 11 is 0. The maximum atomic E-state index is 12.5. The van der Waals surface area contributed by atoms with Crippen LogP contribution in [0.3, 0.4) is 0 Å². The Kier molecular flexibility index (Phi) is 3.78. The van der Waals surface area contributed by atoms with E-state index in [0.29, 0.717) is 11.8 Å². The van der Waals surface area contributed by atoms with E-state index in [1.54, 1.807) is 4.52 Å². The Morgan fingerprint density at radius 2 is 2.00 bits per heavy atom. The molecular weight excluding hydrogens is 238 g/mol. The van der Waals surface area contributed by atoms with E-state index in [4.69, 9.17) is 0 Å². The maximum Gasteiger partial charge on any atom is 0.274 e. The van der Waals surface area contributed by atoms with E-state index in [9.17, 15) is 4.79 Å². The lowest BCUT2D eigenvalue weighted by atomic mass is 9.97. The fourth-order valence-corrected chi connectivity index (χ4v) is 2.39. The Hall–Kier alpha value is -1.58. The first-order valence-electron chi connectivity index (χ1n) is 7.13. The maximum absolute atomic E-state index is 12.5. The van der Waals surface area contributed by atoms with Gasteiger partial charge in [-0.15, -0.1) is 0 Å². The van der Waals surface area contributed by atoms with E-state index in [1.165, 1.54) is 0 Å². The summed E-state index contributed by atoms with van der Waals surface area (Å²) in [6, 6.07) is 2.05. The summed E-state index contributed by atoms with van der Waals surface area (Å²) in [5.74, 6) is 1.57. The van der Waals surface area contributed by atoms with Crippen LogP contribution in [0.5, 0.6) is 0 Å². The van der Waals surface area contributed by atoms with E-state index < -0.39 is 0 Å². The third-order valence-electron chi connectivity index (χ3n) is 3.84. The van der Waals surface area contributed by atoms with Gasteiger partial charge in [-0.3, -0.25) is 9.89 Å². The Labute approximate surface area is 113 Å². The summed E-state index contributed by atoms with van der Waals surface area (Å²) < 4.78 is 1.59. The number of rotatable bonds is 4. The van der Waals surface area contributed by atoms with Gasteiger partial charge in [0.2, 0.25) is 0 Å². The first kappa shape index (κ1) is 13.8. The van der Waals surface area contributed by atoms with Crippen molar-refractivity contribution in [3.05, 3.63) is 33.4 Å². The summed E-state index contributed by atoms with van der Waals surface area (Å²) in [4.78, 5) is 17.1. The van der Waals surface area contributed by atoms with Crippen molar-refractivity contribution in [3.63, 3.8) is 0 Å². The van der Waals surface area contributed by atoms with Gasteiger partial charge in [0.05, 0.1) is 0 Å². The second-order valence-corrected chi connectivity index (χ2v) is 5.50. The first-order chi connectivity index (χ1) is 8.99. The van der Waals surface area contributed by atoms with Crippen molar-refractivity contribution in [1.82, 2.24) is 14.6 Å². The molecule has 19 heavy (non-hydrogen) atoms. The number of nitrogens with one attached hydrogen (secondary N) is 1. The SMILES string of the molecule is CCc1c(C(C)C)cc2nc(C(C)CC)[nH]n2c1=O. The molecule has 0 saturated heterocycles. The molecule has 0 spiro atoms. The molecule has 0 bridgehead atoms. The van der Waals surface area contributed by atoms with E-state index >= 15 is 0 Å². The molecule has 1 atom stereocenters. The quantitative estimate of drug-likeness (QED) is 0.918. The normalized spacial score (nSPS) is 13.4. The minimum Gasteiger partial charge on any atom is -0.276 e. The average Bonchev–Trinajstić information content (AvgIpc) is 2.81. The fourth-order valence-electron chi connectivity index (χ4n) is 2.39. The Bertz CT molecular complexity index is 637. The largest absolute Gasteiger partial charge is 0.276 e. The summed E-state index contributed by atoms with van der Waals surface area (Å²) in [5, 5.41) is 3.15. The number of hydrogen-bond donors (Lipinski definition) is 1. The topological polar surface area (TPSA) is 50.2 Å². The standard InChI is InChI=1S/C15H23N3O/c1-6-10(5)14-16-13-8-12(9(3)4)11(7-2)15(19)18(13)17-14/h8-10H,6-7H2,1-5H3,(H,16,17). The van der Waals surface area contributed by atoms with Crippen molar-refractivity contribution < 1.29 is 0 Å². The first-order valence-corrected chi connectivity index (χ1v) is 7.13. The average molecular weight is 261 g/mol. The van der Waals surface area contributed by atoms with Gasteiger partial charge >= 0.3 is 0 Å². The highest BCUT2D eigenvalue weighted by Gasteiger charge is 2.16. The van der Waals surface area contributed by atoms with Crippen LogP contribution in [0, 0.1) is 0 Å². The highest BCUT2D eigenvalue weighted by molar-refractivity contribution is 5.45. The predicted molar refractivity (Wildman–Crippen MR) is 78.0 cm³/mol. The molecule has 0 amide bonds. The van der Waals surface area contributed by atoms with Crippen molar-refractivity contribution in [3.8, 4) is 0 Å². The van der Waals surface area contributed by atoms with Crippen molar-refractivity contribution in [2.24, 2.45) is 0 Å². The van der Waals surface area contributed by atoms with Gasteiger partial charge in [-0.1, -0.05) is 34.6 Å². The summed E-state index contributed by atoms with van der Waals surface area (Å²) in [5.41, 5.74) is 2.80. The minimum absolute atomic E-state index is 0.0470. The van der Waals surface area contributed by atoms with Gasteiger partial charge in [0, 0.05) is 11.5 Å². The van der Waals surface area contributed by atoms with Crippen LogP contribution in [0.1, 0.15) is 69.8 Å². The van der Waals surface area contributed by atoms with Gasteiger partial charge < -0.3 is 0 Å². The Morgan fingerprint density at radius 3 is 2.53 bits per heavy atom. The molecule has 2 aromatic heterocycles. The van der Waals surface area contributed by atoms with E-state index in [0.717, 1.165) is 35.4 Å². The highest BCUT2D eigenvalue weighted by Crippen LogP contribution is 2.20. The van der Waals surface area contributed by atoms with E-state index in [2.05, 4.69) is 37.8 Å². The smallest absolute Gasteiger partial charge is 0.274 e. The third kappa shape index (κ3) is 2.31. The zero-order chi connectivity index (χ0) is 14.2. The van der Waals surface area contributed by atoms with Crippen molar-refractivity contribution in [2.75, 3.05) is 0 Å². The van der Waals surface area contributed by atoms with Gasteiger partial charge in [0.1, 0.15) is 5.82 Å². The molecule has 0 aromatic carbocycles.